The van der Waals surface area contributed by atoms with E-state index in [1.807, 2.05) is 54.9 Å². The van der Waals surface area contributed by atoms with Gasteiger partial charge in [-0.25, -0.2) is 15.0 Å². The van der Waals surface area contributed by atoms with E-state index in [-0.39, 0.29) is 0 Å². The second-order valence-corrected chi connectivity index (χ2v) is 19.5. The van der Waals surface area contributed by atoms with Crippen LogP contribution in [-0.2, 0) is 6.54 Å². The molecule has 6 heterocycles. The third kappa shape index (κ3) is 13.7. The van der Waals surface area contributed by atoms with Crippen molar-refractivity contribution in [1.29, 1.82) is 0 Å². The summed E-state index contributed by atoms with van der Waals surface area (Å²) >= 11 is 0. The van der Waals surface area contributed by atoms with Gasteiger partial charge in [0.25, 0.3) is 0 Å². The quantitative estimate of drug-likeness (QED) is 0.126. The summed E-state index contributed by atoms with van der Waals surface area (Å²) in [5.41, 5.74) is 3.48. The zero-order valence-electron chi connectivity index (χ0n) is 40.3. The molecule has 0 atom stereocenters. The molecule has 11 heteroatoms. The van der Waals surface area contributed by atoms with Crippen molar-refractivity contribution in [3.63, 3.8) is 0 Å². The lowest BCUT2D eigenvalue weighted by atomic mass is 9.80. The molecule has 0 radical (unpaired) electrons. The molecular weight excluding hydrogens is 833 g/mol. The second kappa shape index (κ2) is 23.9. The molecule has 67 heavy (non-hydrogen) atoms. The number of piperazine rings is 2. The Morgan fingerprint density at radius 2 is 1.09 bits per heavy atom. The topological polar surface area (TPSA) is 109 Å². The molecule has 10 rings (SSSR count). The van der Waals surface area contributed by atoms with Gasteiger partial charge in [-0.15, -0.1) is 0 Å². The molecule has 0 unspecified atom stereocenters. The zero-order chi connectivity index (χ0) is 46.4. The summed E-state index contributed by atoms with van der Waals surface area (Å²) in [6.07, 6.45) is 14.9. The van der Waals surface area contributed by atoms with Gasteiger partial charge in [0.2, 0.25) is 0 Å². The van der Waals surface area contributed by atoms with Gasteiger partial charge in [-0.1, -0.05) is 52.0 Å². The Bertz CT molecular complexity index is 2420. The van der Waals surface area contributed by atoms with Crippen LogP contribution in [0.15, 0.2) is 109 Å². The predicted molar refractivity (Wildman–Crippen MR) is 272 cm³/mol. The van der Waals surface area contributed by atoms with Gasteiger partial charge in [0.05, 0.1) is 28.9 Å². The highest BCUT2D eigenvalue weighted by atomic mass is 16.5. The Morgan fingerprint density at radius 1 is 0.582 bits per heavy atom. The van der Waals surface area contributed by atoms with Crippen molar-refractivity contribution in [3.8, 4) is 11.5 Å². The fourth-order valence-electron chi connectivity index (χ4n) is 10.0. The van der Waals surface area contributed by atoms with Crippen LogP contribution in [0.3, 0.4) is 0 Å². The summed E-state index contributed by atoms with van der Waals surface area (Å²) in [6, 6.07) is 32.5. The zero-order valence-corrected chi connectivity index (χ0v) is 40.3. The van der Waals surface area contributed by atoms with Gasteiger partial charge in [-0.2, -0.15) is 0 Å². The first kappa shape index (κ1) is 47.8. The molecule has 6 aromatic rings. The van der Waals surface area contributed by atoms with E-state index in [9.17, 15) is 4.79 Å². The van der Waals surface area contributed by atoms with Crippen LogP contribution in [0.1, 0.15) is 95.2 Å². The van der Waals surface area contributed by atoms with Gasteiger partial charge in [0, 0.05) is 82.1 Å². The molecule has 0 bridgehead atoms. The number of carbonyl (C=O) groups is 1. The minimum absolute atomic E-state index is 0.328. The molecular formula is C56H72N8O3. The van der Waals surface area contributed by atoms with E-state index in [4.69, 9.17) is 14.5 Å². The maximum Gasteiger partial charge on any atom is 0.168 e. The molecule has 0 amide bonds. The highest BCUT2D eigenvalue weighted by molar-refractivity contribution is 5.84. The number of nitrogens with one attached hydrogen (secondary N) is 1. The van der Waals surface area contributed by atoms with E-state index >= 15 is 0 Å². The van der Waals surface area contributed by atoms with Gasteiger partial charge < -0.3 is 24.6 Å². The highest BCUT2D eigenvalue weighted by Crippen LogP contribution is 2.34. The van der Waals surface area contributed by atoms with Gasteiger partial charge in [-0.3, -0.25) is 14.7 Å². The molecule has 0 spiro atoms. The average Bonchev–Trinajstić information content (AvgIpc) is 3.38. The fourth-order valence-corrected chi connectivity index (χ4v) is 10.0. The molecule has 1 N–H and O–H groups in total. The Hall–Kier alpha value is -5.65. The van der Waals surface area contributed by atoms with Crippen molar-refractivity contribution in [2.24, 2.45) is 23.7 Å². The maximum atomic E-state index is 10.8. The number of nitrogens with zero attached hydrogens (tertiary/aromatic N) is 7. The van der Waals surface area contributed by atoms with Crippen LogP contribution >= 0.6 is 0 Å². The lowest BCUT2D eigenvalue weighted by Crippen LogP contribution is -2.46. The lowest BCUT2D eigenvalue weighted by Gasteiger charge is -2.35. The molecule has 2 saturated heterocycles. The summed E-state index contributed by atoms with van der Waals surface area (Å²) in [4.78, 5) is 35.9. The SMILES string of the molecule is CC(C)C1CCC(Oc2ccc3nc(C=O)ccc3c2)CC1.CC(C)C1CCC(Oc2ccc3nc(CN4CCN(c5ccccn5)CC4)ccc3c2)CC1.c1ccc(N2CCNCC2)nc1. The van der Waals surface area contributed by atoms with Crippen molar-refractivity contribution >= 4 is 39.7 Å². The fraction of sp³-hybridized carbons (Fsp3) is 0.482. The molecule has 2 aromatic carbocycles. The largest absolute Gasteiger partial charge is 0.490 e. The lowest BCUT2D eigenvalue weighted by molar-refractivity contribution is 0.111. The van der Waals surface area contributed by atoms with Crippen molar-refractivity contribution in [3.05, 3.63) is 121 Å². The first-order valence-electron chi connectivity index (χ1n) is 25.1. The second-order valence-electron chi connectivity index (χ2n) is 19.5. The minimum atomic E-state index is 0.328. The Labute approximate surface area is 398 Å². The van der Waals surface area contributed by atoms with Crippen LogP contribution < -0.4 is 24.6 Å². The molecule has 11 nitrogen and oxygen atoms in total. The monoisotopic (exact) mass is 905 g/mol. The molecule has 4 fully saturated rings. The summed E-state index contributed by atoms with van der Waals surface area (Å²) < 4.78 is 12.5. The van der Waals surface area contributed by atoms with Crippen LogP contribution in [-0.4, -0.2) is 95.7 Å². The number of ether oxygens (including phenoxy) is 2. The number of anilines is 2. The predicted octanol–water partition coefficient (Wildman–Crippen LogP) is 10.7. The van der Waals surface area contributed by atoms with E-state index < -0.39 is 0 Å². The third-order valence-electron chi connectivity index (χ3n) is 14.3. The normalized spacial score (nSPS) is 21.3. The number of fused-ring (bicyclic) bond motifs is 2. The summed E-state index contributed by atoms with van der Waals surface area (Å²) in [6.45, 7) is 18.5. The molecule has 2 aliphatic heterocycles. The number of pyridine rings is 4. The van der Waals surface area contributed by atoms with Crippen LogP contribution in [0, 0.1) is 23.7 Å². The standard InChI is InChI=1S/C28H36N4O.C19H23NO2.C9H13N3/c1-21(2)22-7-10-25(11-8-22)33-26-12-13-27-23(19-26)6-9-24(30-27)20-31-15-17-32(18-16-31)28-5-3-4-14-29-28;1-13(2)14-4-7-17(8-5-14)22-18-9-10-19-15(11-18)3-6-16(12-21)20-19;1-2-4-11-9(3-1)12-7-5-10-6-8-12/h3-6,9,12-14,19,21-22,25H,7-8,10-11,15-18,20H2,1-2H3;3,6,9-14,17H,4-5,7-8H2,1-2H3;1-4,10H,5-8H2. The number of hydrogen-bond donors (Lipinski definition) is 1. The van der Waals surface area contributed by atoms with Gasteiger partial charge in [-0.05, 0) is 148 Å². The summed E-state index contributed by atoms with van der Waals surface area (Å²) in [5, 5.41) is 5.49. The smallest absolute Gasteiger partial charge is 0.168 e. The number of carbonyl (C=O) groups excluding carboxylic acids is 1. The average molecular weight is 905 g/mol. The van der Waals surface area contributed by atoms with Crippen molar-refractivity contribution < 1.29 is 14.3 Å². The number of rotatable bonds is 11. The maximum absolute atomic E-state index is 10.8. The Balaban J connectivity index is 0.000000153. The minimum Gasteiger partial charge on any atom is -0.490 e. The first-order valence-corrected chi connectivity index (χ1v) is 25.1. The Morgan fingerprint density at radius 3 is 1.58 bits per heavy atom. The van der Waals surface area contributed by atoms with Crippen LogP contribution in [0.25, 0.3) is 21.8 Å². The number of aldehydes is 1. The summed E-state index contributed by atoms with van der Waals surface area (Å²) in [5.74, 6) is 7.34. The third-order valence-corrected chi connectivity index (χ3v) is 14.3. The number of hydrogen-bond acceptors (Lipinski definition) is 11. The highest BCUT2D eigenvalue weighted by Gasteiger charge is 2.26. The van der Waals surface area contributed by atoms with E-state index in [0.29, 0.717) is 17.9 Å². The van der Waals surface area contributed by atoms with E-state index in [1.54, 1.807) is 6.07 Å². The molecule has 354 valence electrons. The molecule has 2 saturated carbocycles. The van der Waals surface area contributed by atoms with Crippen LogP contribution in [0.4, 0.5) is 11.6 Å². The van der Waals surface area contributed by atoms with Crippen LogP contribution in [0.2, 0.25) is 0 Å². The van der Waals surface area contributed by atoms with Crippen LogP contribution in [0.5, 0.6) is 11.5 Å². The molecule has 4 aromatic heterocycles. The van der Waals surface area contributed by atoms with E-state index in [2.05, 4.69) is 111 Å². The Kier molecular flexibility index (Phi) is 17.0. The van der Waals surface area contributed by atoms with Crippen molar-refractivity contribution in [2.45, 2.75) is 97.8 Å². The van der Waals surface area contributed by atoms with Gasteiger partial charge in [0.1, 0.15) is 28.8 Å². The first-order chi connectivity index (χ1) is 32.8. The van der Waals surface area contributed by atoms with E-state index in [0.717, 1.165) is 152 Å². The summed E-state index contributed by atoms with van der Waals surface area (Å²) in [7, 11) is 0. The van der Waals surface area contributed by atoms with Gasteiger partial charge in [0.15, 0.2) is 6.29 Å². The molecule has 4 aliphatic rings. The van der Waals surface area contributed by atoms with Crippen molar-refractivity contribution in [2.75, 3.05) is 62.2 Å². The number of aromatic nitrogens is 4. The van der Waals surface area contributed by atoms with Gasteiger partial charge >= 0.3 is 0 Å². The number of benzene rings is 2. The van der Waals surface area contributed by atoms with Crippen molar-refractivity contribution in [1.82, 2.24) is 30.2 Å². The van der Waals surface area contributed by atoms with E-state index in [1.165, 1.54) is 38.5 Å². The molecule has 2 aliphatic carbocycles.